The zero-order valence-corrected chi connectivity index (χ0v) is 21.0. The Morgan fingerprint density at radius 2 is 1.88 bits per heavy atom. The van der Waals surface area contributed by atoms with Gasteiger partial charge < -0.3 is 19.3 Å². The van der Waals surface area contributed by atoms with Crippen molar-refractivity contribution in [1.82, 2.24) is 19.2 Å². The topological polar surface area (TPSA) is 78.2 Å². The van der Waals surface area contributed by atoms with Crippen LogP contribution in [-0.2, 0) is 9.59 Å². The number of amides is 1. The number of carbonyl (C=O) groups excluding carboxylic acids is 2. The molecule has 1 unspecified atom stereocenters. The van der Waals surface area contributed by atoms with Gasteiger partial charge in [-0.05, 0) is 70.2 Å². The fourth-order valence-corrected chi connectivity index (χ4v) is 4.68. The van der Waals surface area contributed by atoms with Crippen LogP contribution in [-0.4, -0.2) is 63.2 Å². The molecule has 0 radical (unpaired) electrons. The summed E-state index contributed by atoms with van der Waals surface area (Å²) >= 11 is 12.4. The maximum atomic E-state index is 13.2. The fraction of sp³-hybridized carbons (Fsp3) is 0.320. The summed E-state index contributed by atoms with van der Waals surface area (Å²) in [4.78, 5) is 34.5. The van der Waals surface area contributed by atoms with E-state index in [4.69, 9.17) is 23.2 Å². The Morgan fingerprint density at radius 3 is 2.53 bits per heavy atom. The highest BCUT2D eigenvalue weighted by molar-refractivity contribution is 6.46. The standard InChI is InChI=1S/C25H26Cl2N4O3/c1-14-7-5-11-30-15(2)20(28-24(14)30)22(32)19-21(16-8-9-17(26)18(27)13-16)31(25(34)23(19)33)12-6-10-29(3)4/h5,7-9,11,13,21,32H,6,10,12H2,1-4H3. The van der Waals surface area contributed by atoms with E-state index in [-0.39, 0.29) is 17.0 Å². The molecule has 1 N–H and O–H groups in total. The van der Waals surface area contributed by atoms with Crippen LogP contribution in [0.2, 0.25) is 10.0 Å². The molecule has 0 aliphatic carbocycles. The monoisotopic (exact) mass is 500 g/mol. The Labute approximate surface area is 208 Å². The van der Waals surface area contributed by atoms with Crippen LogP contribution in [0.3, 0.4) is 0 Å². The molecule has 1 aromatic carbocycles. The second kappa shape index (κ2) is 9.41. The Balaban J connectivity index is 1.89. The van der Waals surface area contributed by atoms with E-state index in [9.17, 15) is 14.7 Å². The number of aliphatic hydroxyl groups is 1. The minimum Gasteiger partial charge on any atom is -0.505 e. The molecule has 4 rings (SSSR count). The van der Waals surface area contributed by atoms with Gasteiger partial charge in [-0.3, -0.25) is 9.59 Å². The van der Waals surface area contributed by atoms with Crippen LogP contribution in [0.5, 0.6) is 0 Å². The molecule has 9 heteroatoms. The van der Waals surface area contributed by atoms with Crippen molar-refractivity contribution >= 4 is 46.3 Å². The highest BCUT2D eigenvalue weighted by Crippen LogP contribution is 2.41. The van der Waals surface area contributed by atoms with Gasteiger partial charge in [-0.1, -0.05) is 35.3 Å². The number of hydrogen-bond acceptors (Lipinski definition) is 5. The average molecular weight is 501 g/mol. The Morgan fingerprint density at radius 1 is 1.15 bits per heavy atom. The van der Waals surface area contributed by atoms with E-state index in [0.29, 0.717) is 39.9 Å². The number of carbonyl (C=O) groups is 2. The molecule has 3 heterocycles. The quantitative estimate of drug-likeness (QED) is 0.303. The van der Waals surface area contributed by atoms with Crippen molar-refractivity contribution in [2.75, 3.05) is 27.2 Å². The van der Waals surface area contributed by atoms with Crippen LogP contribution in [0.4, 0.5) is 0 Å². The Bertz CT molecular complexity index is 1330. The summed E-state index contributed by atoms with van der Waals surface area (Å²) in [6, 6.07) is 7.98. The summed E-state index contributed by atoms with van der Waals surface area (Å²) in [5.41, 5.74) is 3.13. The first-order valence-corrected chi connectivity index (χ1v) is 11.7. The Kier molecular flexibility index (Phi) is 6.71. The average Bonchev–Trinajstić information content (AvgIpc) is 3.25. The summed E-state index contributed by atoms with van der Waals surface area (Å²) in [7, 11) is 3.89. The van der Waals surface area contributed by atoms with E-state index in [1.807, 2.05) is 55.6 Å². The van der Waals surface area contributed by atoms with Gasteiger partial charge in [0, 0.05) is 12.7 Å². The van der Waals surface area contributed by atoms with Crippen LogP contribution < -0.4 is 0 Å². The summed E-state index contributed by atoms with van der Waals surface area (Å²) in [6.07, 6.45) is 2.50. The number of aromatic nitrogens is 2. The number of imidazole rings is 1. The number of aryl methyl sites for hydroxylation is 2. The first-order valence-electron chi connectivity index (χ1n) is 10.9. The predicted molar refractivity (Wildman–Crippen MR) is 133 cm³/mol. The summed E-state index contributed by atoms with van der Waals surface area (Å²) in [5.74, 6) is -1.70. The van der Waals surface area contributed by atoms with Gasteiger partial charge in [-0.15, -0.1) is 0 Å². The second-order valence-corrected chi connectivity index (χ2v) is 9.57. The van der Waals surface area contributed by atoms with Gasteiger partial charge in [0.25, 0.3) is 11.7 Å². The van der Waals surface area contributed by atoms with Crippen LogP contribution in [0.1, 0.15) is 35.0 Å². The molecule has 3 aromatic rings. The van der Waals surface area contributed by atoms with Gasteiger partial charge in [-0.25, -0.2) is 4.98 Å². The summed E-state index contributed by atoms with van der Waals surface area (Å²) < 4.78 is 1.85. The lowest BCUT2D eigenvalue weighted by atomic mass is 9.96. The lowest BCUT2D eigenvalue weighted by molar-refractivity contribution is -0.139. The van der Waals surface area contributed by atoms with E-state index in [2.05, 4.69) is 4.98 Å². The number of benzene rings is 1. The third-order valence-corrected chi connectivity index (χ3v) is 6.85. The van der Waals surface area contributed by atoms with E-state index in [1.165, 1.54) is 4.90 Å². The molecule has 1 atom stereocenters. The van der Waals surface area contributed by atoms with E-state index in [1.54, 1.807) is 18.2 Å². The molecule has 1 aliphatic heterocycles. The van der Waals surface area contributed by atoms with Crippen molar-refractivity contribution < 1.29 is 14.7 Å². The molecule has 0 saturated carbocycles. The Hall–Kier alpha value is -2.87. The number of nitrogens with zero attached hydrogens (tertiary/aromatic N) is 4. The lowest BCUT2D eigenvalue weighted by Gasteiger charge is -2.26. The number of ketones is 1. The SMILES string of the molecule is Cc1cccn2c(C)c(C(O)=C3C(=O)C(=O)N(CCCN(C)C)C3c3ccc(Cl)c(Cl)c3)nc12. The van der Waals surface area contributed by atoms with Gasteiger partial charge in [0.2, 0.25) is 0 Å². The van der Waals surface area contributed by atoms with Crippen molar-refractivity contribution in [3.63, 3.8) is 0 Å². The van der Waals surface area contributed by atoms with Crippen molar-refractivity contribution in [3.8, 4) is 0 Å². The number of halogens is 2. The minimum atomic E-state index is -0.803. The number of aliphatic hydroxyl groups excluding tert-OH is 1. The number of hydrogen-bond donors (Lipinski definition) is 1. The van der Waals surface area contributed by atoms with Crippen molar-refractivity contribution in [2.45, 2.75) is 26.3 Å². The van der Waals surface area contributed by atoms with Crippen LogP contribution in [0.25, 0.3) is 11.4 Å². The van der Waals surface area contributed by atoms with Gasteiger partial charge in [0.1, 0.15) is 11.3 Å². The number of rotatable bonds is 6. The third kappa shape index (κ3) is 4.19. The molecule has 7 nitrogen and oxygen atoms in total. The molecule has 1 fully saturated rings. The maximum Gasteiger partial charge on any atom is 0.295 e. The van der Waals surface area contributed by atoms with Gasteiger partial charge in [0.05, 0.1) is 27.4 Å². The number of likely N-dealkylation sites (tertiary alicyclic amines) is 1. The maximum absolute atomic E-state index is 13.2. The van der Waals surface area contributed by atoms with E-state index >= 15 is 0 Å². The van der Waals surface area contributed by atoms with Gasteiger partial charge >= 0.3 is 0 Å². The highest BCUT2D eigenvalue weighted by Gasteiger charge is 2.46. The normalized spacial score (nSPS) is 18.0. The fourth-order valence-electron chi connectivity index (χ4n) is 4.37. The van der Waals surface area contributed by atoms with E-state index < -0.39 is 17.7 Å². The second-order valence-electron chi connectivity index (χ2n) is 8.75. The first-order chi connectivity index (χ1) is 16.1. The molecule has 34 heavy (non-hydrogen) atoms. The molecule has 0 spiro atoms. The summed E-state index contributed by atoms with van der Waals surface area (Å²) in [5, 5.41) is 12.1. The summed E-state index contributed by atoms with van der Waals surface area (Å²) in [6.45, 7) is 4.82. The van der Waals surface area contributed by atoms with Crippen LogP contribution in [0.15, 0.2) is 42.1 Å². The zero-order chi connectivity index (χ0) is 24.7. The first kappa shape index (κ1) is 24.3. The lowest BCUT2D eigenvalue weighted by Crippen LogP contribution is -2.32. The molecule has 178 valence electrons. The zero-order valence-electron chi connectivity index (χ0n) is 19.5. The molecule has 1 amide bonds. The molecule has 1 saturated heterocycles. The predicted octanol–water partition coefficient (Wildman–Crippen LogP) is 4.63. The molecule has 2 aromatic heterocycles. The van der Waals surface area contributed by atoms with Crippen molar-refractivity contribution in [1.29, 1.82) is 0 Å². The largest absolute Gasteiger partial charge is 0.505 e. The molecular formula is C25H26Cl2N4O3. The number of Topliss-reactive ketones (excluding diaryl/α,β-unsaturated/α-hetero) is 1. The van der Waals surface area contributed by atoms with Crippen LogP contribution >= 0.6 is 23.2 Å². The molecule has 0 bridgehead atoms. The van der Waals surface area contributed by atoms with E-state index in [0.717, 1.165) is 12.1 Å². The highest BCUT2D eigenvalue weighted by atomic mass is 35.5. The smallest absolute Gasteiger partial charge is 0.295 e. The third-order valence-electron chi connectivity index (χ3n) is 6.11. The van der Waals surface area contributed by atoms with Crippen molar-refractivity contribution in [2.24, 2.45) is 0 Å². The molecular weight excluding hydrogens is 475 g/mol. The minimum absolute atomic E-state index is 0.00241. The number of pyridine rings is 1. The van der Waals surface area contributed by atoms with Gasteiger partial charge in [-0.2, -0.15) is 0 Å². The van der Waals surface area contributed by atoms with Crippen molar-refractivity contribution in [3.05, 3.63) is 74.7 Å². The van der Waals surface area contributed by atoms with Gasteiger partial charge in [0.15, 0.2) is 5.76 Å². The molecule has 1 aliphatic rings. The van der Waals surface area contributed by atoms with Crippen LogP contribution in [0, 0.1) is 13.8 Å². The number of fused-ring (bicyclic) bond motifs is 1.